The second kappa shape index (κ2) is 3.88. The fraction of sp³-hybridized carbons (Fsp3) is 0.300. The molecule has 5 nitrogen and oxygen atoms in total. The fourth-order valence-electron chi connectivity index (χ4n) is 1.52. The lowest BCUT2D eigenvalue weighted by Gasteiger charge is -2.36. The number of carboxylic acids is 1. The maximum Gasteiger partial charge on any atom is 0.310 e. The van der Waals surface area contributed by atoms with Gasteiger partial charge in [0, 0.05) is 19.3 Å². The standard InChI is InChI=1S/C10H9FN2O3/c11-8-7(2-1-3-12-8)9(14)13-4-6(5-13)10(15)16/h1-3,6H,4-5H2,(H,15,16). The second-order valence-electron chi connectivity index (χ2n) is 3.59. The number of aromatic nitrogens is 1. The minimum absolute atomic E-state index is 0.119. The highest BCUT2D eigenvalue weighted by Gasteiger charge is 2.36. The normalized spacial score (nSPS) is 15.7. The summed E-state index contributed by atoms with van der Waals surface area (Å²) < 4.78 is 13.1. The molecule has 2 heterocycles. The smallest absolute Gasteiger partial charge is 0.310 e. The molecule has 0 saturated carbocycles. The Hall–Kier alpha value is -1.98. The molecule has 1 aromatic heterocycles. The van der Waals surface area contributed by atoms with Crippen LogP contribution in [-0.2, 0) is 4.79 Å². The van der Waals surface area contributed by atoms with Crippen LogP contribution in [0.2, 0.25) is 0 Å². The topological polar surface area (TPSA) is 70.5 Å². The number of carboxylic acid groups (broad SMARTS) is 1. The highest BCUT2D eigenvalue weighted by Crippen LogP contribution is 2.19. The third kappa shape index (κ3) is 1.73. The summed E-state index contributed by atoms with van der Waals surface area (Å²) in [6.45, 7) is 0.255. The number of nitrogens with zero attached hydrogens (tertiary/aromatic N) is 2. The molecular weight excluding hydrogens is 215 g/mol. The van der Waals surface area contributed by atoms with E-state index < -0.39 is 23.7 Å². The minimum atomic E-state index is -0.935. The molecule has 16 heavy (non-hydrogen) atoms. The van der Waals surface area contributed by atoms with Gasteiger partial charge in [-0.15, -0.1) is 0 Å². The highest BCUT2D eigenvalue weighted by atomic mass is 19.1. The van der Waals surface area contributed by atoms with Gasteiger partial charge >= 0.3 is 5.97 Å². The van der Waals surface area contributed by atoms with Gasteiger partial charge in [0.05, 0.1) is 11.5 Å². The second-order valence-corrected chi connectivity index (χ2v) is 3.59. The van der Waals surface area contributed by atoms with Gasteiger partial charge < -0.3 is 10.0 Å². The first-order valence-corrected chi connectivity index (χ1v) is 4.72. The number of aliphatic carboxylic acids is 1. The maximum absolute atomic E-state index is 13.1. The molecule has 1 aromatic rings. The fourth-order valence-corrected chi connectivity index (χ4v) is 1.52. The SMILES string of the molecule is O=C(O)C1CN(C(=O)c2cccnc2F)C1. The van der Waals surface area contributed by atoms with E-state index in [1.54, 1.807) is 0 Å². The molecule has 1 saturated heterocycles. The minimum Gasteiger partial charge on any atom is -0.481 e. The number of carbonyl (C=O) groups is 2. The summed E-state index contributed by atoms with van der Waals surface area (Å²) in [5.41, 5.74) is -0.119. The Kier molecular flexibility index (Phi) is 2.55. The van der Waals surface area contributed by atoms with Gasteiger partial charge in [0.1, 0.15) is 0 Å². The summed E-state index contributed by atoms with van der Waals surface area (Å²) in [6, 6.07) is 2.80. The van der Waals surface area contributed by atoms with Crippen LogP contribution in [0, 0.1) is 11.9 Å². The first-order chi connectivity index (χ1) is 7.59. The molecule has 0 unspecified atom stereocenters. The molecule has 0 aliphatic carbocycles. The van der Waals surface area contributed by atoms with Gasteiger partial charge in [0.2, 0.25) is 5.95 Å². The van der Waals surface area contributed by atoms with Crippen molar-refractivity contribution in [2.75, 3.05) is 13.1 Å². The van der Waals surface area contributed by atoms with Crippen LogP contribution in [0.5, 0.6) is 0 Å². The lowest BCUT2D eigenvalue weighted by atomic mass is 9.99. The average Bonchev–Trinajstić information content (AvgIpc) is 2.15. The van der Waals surface area contributed by atoms with E-state index in [1.165, 1.54) is 23.2 Å². The van der Waals surface area contributed by atoms with Crippen molar-refractivity contribution >= 4 is 11.9 Å². The van der Waals surface area contributed by atoms with Crippen molar-refractivity contribution < 1.29 is 19.1 Å². The third-order valence-electron chi connectivity index (χ3n) is 2.51. The molecule has 1 N–H and O–H groups in total. The molecule has 84 valence electrons. The number of rotatable bonds is 2. The lowest BCUT2D eigenvalue weighted by molar-refractivity contribution is -0.146. The van der Waals surface area contributed by atoms with Crippen molar-refractivity contribution in [2.24, 2.45) is 5.92 Å². The molecule has 0 bridgehead atoms. The number of amides is 1. The van der Waals surface area contributed by atoms with E-state index in [1.807, 2.05) is 0 Å². The maximum atomic E-state index is 13.1. The van der Waals surface area contributed by atoms with Gasteiger partial charge in [0.15, 0.2) is 0 Å². The van der Waals surface area contributed by atoms with Crippen molar-refractivity contribution in [1.82, 2.24) is 9.88 Å². The third-order valence-corrected chi connectivity index (χ3v) is 2.51. The summed E-state index contributed by atoms with van der Waals surface area (Å²) in [6.07, 6.45) is 1.25. The number of pyridine rings is 1. The van der Waals surface area contributed by atoms with Gasteiger partial charge in [-0.2, -0.15) is 4.39 Å². The predicted molar refractivity (Wildman–Crippen MR) is 51.2 cm³/mol. The summed E-state index contributed by atoms with van der Waals surface area (Å²) in [4.78, 5) is 26.9. The number of hydrogen-bond donors (Lipinski definition) is 1. The Morgan fingerprint density at radius 2 is 2.19 bits per heavy atom. The molecule has 0 atom stereocenters. The van der Waals surface area contributed by atoms with E-state index in [0.29, 0.717) is 0 Å². The van der Waals surface area contributed by atoms with Crippen LogP contribution in [0.4, 0.5) is 4.39 Å². The number of likely N-dealkylation sites (tertiary alicyclic amines) is 1. The molecule has 0 radical (unpaired) electrons. The summed E-state index contributed by atoms with van der Waals surface area (Å²) in [5.74, 6) is -2.81. The predicted octanol–water partition coefficient (Wildman–Crippen LogP) is 0.377. The Labute approximate surface area is 90.5 Å². The zero-order chi connectivity index (χ0) is 11.7. The van der Waals surface area contributed by atoms with Gasteiger partial charge in [-0.25, -0.2) is 4.98 Å². The zero-order valence-electron chi connectivity index (χ0n) is 8.26. The van der Waals surface area contributed by atoms with E-state index in [-0.39, 0.29) is 18.7 Å². The van der Waals surface area contributed by atoms with Crippen molar-refractivity contribution in [3.8, 4) is 0 Å². The summed E-state index contributed by atoms with van der Waals surface area (Å²) >= 11 is 0. The molecule has 1 fully saturated rings. The van der Waals surface area contributed by atoms with Crippen LogP contribution in [0.15, 0.2) is 18.3 Å². The largest absolute Gasteiger partial charge is 0.481 e. The lowest BCUT2D eigenvalue weighted by Crippen LogP contribution is -2.53. The van der Waals surface area contributed by atoms with E-state index >= 15 is 0 Å². The van der Waals surface area contributed by atoms with E-state index in [0.717, 1.165) is 0 Å². The van der Waals surface area contributed by atoms with Gasteiger partial charge in [-0.3, -0.25) is 9.59 Å². The monoisotopic (exact) mass is 224 g/mol. The molecule has 1 aliphatic rings. The van der Waals surface area contributed by atoms with E-state index in [4.69, 9.17) is 5.11 Å². The number of halogens is 1. The van der Waals surface area contributed by atoms with Crippen LogP contribution >= 0.6 is 0 Å². The number of hydrogen-bond acceptors (Lipinski definition) is 3. The highest BCUT2D eigenvalue weighted by molar-refractivity contribution is 5.95. The molecule has 2 rings (SSSR count). The van der Waals surface area contributed by atoms with Crippen LogP contribution in [-0.4, -0.2) is 40.0 Å². The Morgan fingerprint density at radius 1 is 1.50 bits per heavy atom. The van der Waals surface area contributed by atoms with Crippen molar-refractivity contribution in [3.63, 3.8) is 0 Å². The average molecular weight is 224 g/mol. The van der Waals surface area contributed by atoms with Crippen molar-refractivity contribution in [2.45, 2.75) is 0 Å². The molecule has 6 heteroatoms. The van der Waals surface area contributed by atoms with Crippen molar-refractivity contribution in [1.29, 1.82) is 0 Å². The van der Waals surface area contributed by atoms with E-state index in [2.05, 4.69) is 4.98 Å². The molecule has 1 amide bonds. The van der Waals surface area contributed by atoms with Crippen LogP contribution < -0.4 is 0 Å². The Balaban J connectivity index is 2.06. The van der Waals surface area contributed by atoms with Gasteiger partial charge in [-0.05, 0) is 12.1 Å². The first kappa shape index (κ1) is 10.5. The quantitative estimate of drug-likeness (QED) is 0.737. The zero-order valence-corrected chi connectivity index (χ0v) is 8.26. The molecular formula is C10H9FN2O3. The molecule has 1 aliphatic heterocycles. The molecule has 0 aromatic carbocycles. The Bertz CT molecular complexity index is 443. The summed E-state index contributed by atoms with van der Waals surface area (Å²) in [5, 5.41) is 8.63. The first-order valence-electron chi connectivity index (χ1n) is 4.72. The van der Waals surface area contributed by atoms with Crippen LogP contribution in [0.25, 0.3) is 0 Å². The Morgan fingerprint density at radius 3 is 2.75 bits per heavy atom. The van der Waals surface area contributed by atoms with Crippen LogP contribution in [0.3, 0.4) is 0 Å². The van der Waals surface area contributed by atoms with Crippen LogP contribution in [0.1, 0.15) is 10.4 Å². The van der Waals surface area contributed by atoms with Crippen molar-refractivity contribution in [3.05, 3.63) is 29.8 Å². The number of carbonyl (C=O) groups excluding carboxylic acids is 1. The van der Waals surface area contributed by atoms with Gasteiger partial charge in [0.25, 0.3) is 5.91 Å². The van der Waals surface area contributed by atoms with Gasteiger partial charge in [-0.1, -0.05) is 0 Å². The summed E-state index contributed by atoms with van der Waals surface area (Å²) in [7, 11) is 0. The molecule has 0 spiro atoms. The van der Waals surface area contributed by atoms with E-state index in [9.17, 15) is 14.0 Å².